The SMILES string of the molecule is CCOC(=O)C1=C(C)OC(=Cc2cccc(C(F)(F)F)c2)C1=O. The maximum absolute atomic E-state index is 12.7. The number of carbonyl (C=O) groups excluding carboxylic acids is 2. The fourth-order valence-corrected chi connectivity index (χ4v) is 2.04. The Morgan fingerprint density at radius 3 is 2.65 bits per heavy atom. The predicted octanol–water partition coefficient (Wildman–Crippen LogP) is 3.48. The van der Waals surface area contributed by atoms with E-state index < -0.39 is 23.5 Å². The summed E-state index contributed by atoms with van der Waals surface area (Å²) < 4.78 is 48.0. The van der Waals surface area contributed by atoms with E-state index >= 15 is 0 Å². The molecule has 0 unspecified atom stereocenters. The molecule has 2 rings (SSSR count). The van der Waals surface area contributed by atoms with Crippen LogP contribution in [0.1, 0.15) is 25.0 Å². The number of halogens is 3. The van der Waals surface area contributed by atoms with Crippen LogP contribution < -0.4 is 0 Å². The molecule has 0 saturated heterocycles. The maximum Gasteiger partial charge on any atom is 0.416 e. The van der Waals surface area contributed by atoms with Crippen molar-refractivity contribution in [2.75, 3.05) is 6.61 Å². The highest BCUT2D eigenvalue weighted by Gasteiger charge is 2.34. The first-order valence-corrected chi connectivity index (χ1v) is 6.73. The molecule has 0 fully saturated rings. The van der Waals surface area contributed by atoms with Crippen LogP contribution in [0.5, 0.6) is 0 Å². The predicted molar refractivity (Wildman–Crippen MR) is 74.8 cm³/mol. The van der Waals surface area contributed by atoms with Gasteiger partial charge in [0.2, 0.25) is 5.78 Å². The molecule has 1 aliphatic rings. The molecular weight excluding hydrogens is 313 g/mol. The second-order valence-electron chi connectivity index (χ2n) is 4.71. The largest absolute Gasteiger partial charge is 0.462 e. The first-order valence-electron chi connectivity index (χ1n) is 6.73. The monoisotopic (exact) mass is 326 g/mol. The average Bonchev–Trinajstić information content (AvgIpc) is 2.73. The summed E-state index contributed by atoms with van der Waals surface area (Å²) >= 11 is 0. The van der Waals surface area contributed by atoms with E-state index in [9.17, 15) is 22.8 Å². The summed E-state index contributed by atoms with van der Waals surface area (Å²) in [5.74, 6) is -1.68. The van der Waals surface area contributed by atoms with Gasteiger partial charge < -0.3 is 9.47 Å². The lowest BCUT2D eigenvalue weighted by Gasteiger charge is -2.07. The molecule has 1 aliphatic heterocycles. The number of hydrogen-bond acceptors (Lipinski definition) is 4. The van der Waals surface area contributed by atoms with Gasteiger partial charge in [-0.25, -0.2) is 4.79 Å². The highest BCUT2D eigenvalue weighted by Crippen LogP contribution is 2.31. The zero-order chi connectivity index (χ0) is 17.2. The summed E-state index contributed by atoms with van der Waals surface area (Å²) in [7, 11) is 0. The smallest absolute Gasteiger partial charge is 0.416 e. The number of rotatable bonds is 3. The molecule has 4 nitrogen and oxygen atoms in total. The third-order valence-electron chi connectivity index (χ3n) is 3.06. The van der Waals surface area contributed by atoms with E-state index in [0.29, 0.717) is 0 Å². The summed E-state index contributed by atoms with van der Waals surface area (Å²) in [4.78, 5) is 23.8. The van der Waals surface area contributed by atoms with Gasteiger partial charge in [0.05, 0.1) is 12.2 Å². The van der Waals surface area contributed by atoms with E-state index in [1.807, 2.05) is 0 Å². The molecule has 0 bridgehead atoms. The number of hydrogen-bond donors (Lipinski definition) is 0. The molecule has 0 amide bonds. The molecule has 0 aliphatic carbocycles. The number of alkyl halides is 3. The Labute approximate surface area is 130 Å². The molecule has 0 radical (unpaired) electrons. The van der Waals surface area contributed by atoms with Crippen molar-refractivity contribution in [3.8, 4) is 0 Å². The minimum absolute atomic E-state index is 0.0617. The zero-order valence-electron chi connectivity index (χ0n) is 12.4. The average molecular weight is 326 g/mol. The molecule has 0 N–H and O–H groups in total. The second-order valence-corrected chi connectivity index (χ2v) is 4.71. The molecular formula is C16H13F3O4. The fourth-order valence-electron chi connectivity index (χ4n) is 2.04. The molecule has 23 heavy (non-hydrogen) atoms. The zero-order valence-corrected chi connectivity index (χ0v) is 12.4. The van der Waals surface area contributed by atoms with Gasteiger partial charge in [0.15, 0.2) is 5.76 Å². The topological polar surface area (TPSA) is 52.6 Å². The van der Waals surface area contributed by atoms with Crippen LogP contribution in [0.4, 0.5) is 13.2 Å². The molecule has 0 atom stereocenters. The van der Waals surface area contributed by atoms with Crippen LogP contribution in [0, 0.1) is 0 Å². The van der Waals surface area contributed by atoms with Crippen molar-refractivity contribution in [3.63, 3.8) is 0 Å². The second kappa shape index (κ2) is 6.28. The van der Waals surface area contributed by atoms with Crippen molar-refractivity contribution in [1.82, 2.24) is 0 Å². The summed E-state index contributed by atoms with van der Waals surface area (Å²) in [6, 6.07) is 4.44. The Morgan fingerprint density at radius 1 is 1.35 bits per heavy atom. The van der Waals surface area contributed by atoms with Crippen LogP contribution in [-0.4, -0.2) is 18.4 Å². The van der Waals surface area contributed by atoms with Gasteiger partial charge in [-0.15, -0.1) is 0 Å². The standard InChI is InChI=1S/C16H13F3O4/c1-3-22-15(21)13-9(2)23-12(14(13)20)8-10-5-4-6-11(7-10)16(17,18)19/h4-8H,3H2,1-2H3. The minimum Gasteiger partial charge on any atom is -0.462 e. The van der Waals surface area contributed by atoms with E-state index in [2.05, 4.69) is 0 Å². The van der Waals surface area contributed by atoms with E-state index in [1.165, 1.54) is 19.1 Å². The lowest BCUT2D eigenvalue weighted by molar-refractivity contribution is -0.140. The van der Waals surface area contributed by atoms with Gasteiger partial charge in [0.1, 0.15) is 11.3 Å². The Bertz CT molecular complexity index is 714. The van der Waals surface area contributed by atoms with Crippen molar-refractivity contribution in [1.29, 1.82) is 0 Å². The fraction of sp³-hybridized carbons (Fsp3) is 0.250. The number of allylic oxidation sites excluding steroid dienone is 2. The van der Waals surface area contributed by atoms with Crippen LogP contribution in [0.2, 0.25) is 0 Å². The summed E-state index contributed by atoms with van der Waals surface area (Å²) in [6.45, 7) is 3.10. The van der Waals surface area contributed by atoms with Gasteiger partial charge in [-0.2, -0.15) is 13.2 Å². The van der Waals surface area contributed by atoms with E-state index in [1.54, 1.807) is 6.92 Å². The number of Topliss-reactive ketones (excluding diaryl/α,β-unsaturated/α-hetero) is 1. The van der Waals surface area contributed by atoms with Gasteiger partial charge in [-0.3, -0.25) is 4.79 Å². The lowest BCUT2D eigenvalue weighted by Crippen LogP contribution is -2.14. The number of benzene rings is 1. The van der Waals surface area contributed by atoms with Crippen LogP contribution in [0.15, 0.2) is 41.4 Å². The number of carbonyl (C=O) groups is 2. The molecule has 0 saturated carbocycles. The molecule has 122 valence electrons. The van der Waals surface area contributed by atoms with Crippen molar-refractivity contribution < 1.29 is 32.2 Å². The summed E-state index contributed by atoms with van der Waals surface area (Å²) in [6.07, 6.45) is -3.33. The minimum atomic E-state index is -4.49. The molecule has 1 aromatic carbocycles. The van der Waals surface area contributed by atoms with Gasteiger partial charge in [0.25, 0.3) is 0 Å². The third kappa shape index (κ3) is 3.61. The number of ketones is 1. The number of ether oxygens (including phenoxy) is 2. The first kappa shape index (κ1) is 16.8. The highest BCUT2D eigenvalue weighted by molar-refractivity contribution is 6.26. The van der Waals surface area contributed by atoms with Crippen LogP contribution in [0.25, 0.3) is 6.08 Å². The van der Waals surface area contributed by atoms with Crippen molar-refractivity contribution in [2.24, 2.45) is 0 Å². The third-order valence-corrected chi connectivity index (χ3v) is 3.06. The molecule has 1 aromatic rings. The summed E-state index contributed by atoms with van der Waals surface area (Å²) in [5.41, 5.74) is -0.946. The lowest BCUT2D eigenvalue weighted by atomic mass is 10.1. The molecule has 1 heterocycles. The molecule has 0 spiro atoms. The summed E-state index contributed by atoms with van der Waals surface area (Å²) in [5, 5.41) is 0. The van der Waals surface area contributed by atoms with Crippen LogP contribution >= 0.6 is 0 Å². The molecule has 7 heteroatoms. The van der Waals surface area contributed by atoms with Crippen LogP contribution in [0.3, 0.4) is 0 Å². The van der Waals surface area contributed by atoms with Crippen molar-refractivity contribution in [3.05, 3.63) is 52.5 Å². The highest BCUT2D eigenvalue weighted by atomic mass is 19.4. The van der Waals surface area contributed by atoms with Crippen molar-refractivity contribution in [2.45, 2.75) is 20.0 Å². The van der Waals surface area contributed by atoms with E-state index in [0.717, 1.165) is 18.2 Å². The normalized spacial score (nSPS) is 16.7. The van der Waals surface area contributed by atoms with Crippen LogP contribution in [-0.2, 0) is 25.2 Å². The number of esters is 1. The van der Waals surface area contributed by atoms with Crippen molar-refractivity contribution >= 4 is 17.8 Å². The Balaban J connectivity index is 2.30. The maximum atomic E-state index is 12.7. The first-order chi connectivity index (χ1) is 10.7. The Hall–Kier alpha value is -2.57. The van der Waals surface area contributed by atoms with E-state index in [-0.39, 0.29) is 29.3 Å². The van der Waals surface area contributed by atoms with E-state index in [4.69, 9.17) is 9.47 Å². The van der Waals surface area contributed by atoms with Gasteiger partial charge >= 0.3 is 12.1 Å². The quantitative estimate of drug-likeness (QED) is 0.485. The van der Waals surface area contributed by atoms with Gasteiger partial charge in [0, 0.05) is 0 Å². The Kier molecular flexibility index (Phi) is 4.58. The Morgan fingerprint density at radius 2 is 2.04 bits per heavy atom. The molecule has 0 aromatic heterocycles. The van der Waals surface area contributed by atoms with Gasteiger partial charge in [-0.05, 0) is 37.6 Å². The van der Waals surface area contributed by atoms with Gasteiger partial charge in [-0.1, -0.05) is 12.1 Å².